The number of Topliss-reactive ketones (excluding diaryl/α,β-unsaturated/α-hetero) is 2. The van der Waals surface area contributed by atoms with E-state index in [1.165, 1.54) is 0 Å². The number of hydrogen-bond acceptors (Lipinski definition) is 2. The summed E-state index contributed by atoms with van der Waals surface area (Å²) in [7, 11) is 0. The van der Waals surface area contributed by atoms with Gasteiger partial charge in [-0.2, -0.15) is 0 Å². The van der Waals surface area contributed by atoms with Crippen LogP contribution in [0.5, 0.6) is 0 Å². The zero-order valence-electron chi connectivity index (χ0n) is 11.2. The van der Waals surface area contributed by atoms with Gasteiger partial charge in [-0.05, 0) is 12.8 Å². The summed E-state index contributed by atoms with van der Waals surface area (Å²) in [6, 6.07) is 18.5. The molecule has 1 saturated carbocycles. The molecule has 0 saturated heterocycles. The predicted molar refractivity (Wildman–Crippen MR) is 77.8 cm³/mol. The van der Waals surface area contributed by atoms with Gasteiger partial charge in [0, 0.05) is 23.0 Å². The highest BCUT2D eigenvalue weighted by Crippen LogP contribution is 2.38. The molecule has 0 bridgehead atoms. The van der Waals surface area contributed by atoms with E-state index in [0.29, 0.717) is 11.1 Å². The van der Waals surface area contributed by atoms with Gasteiger partial charge in [-0.25, -0.2) is 0 Å². The van der Waals surface area contributed by atoms with Crippen molar-refractivity contribution >= 4 is 11.6 Å². The van der Waals surface area contributed by atoms with Gasteiger partial charge >= 0.3 is 0 Å². The maximum atomic E-state index is 12.4. The molecule has 0 unspecified atom stereocenters. The van der Waals surface area contributed by atoms with E-state index < -0.39 is 0 Å². The Morgan fingerprint density at radius 3 is 1.30 bits per heavy atom. The van der Waals surface area contributed by atoms with Gasteiger partial charge in [-0.15, -0.1) is 0 Å². The monoisotopic (exact) mass is 264 g/mol. The zero-order valence-corrected chi connectivity index (χ0v) is 11.2. The summed E-state index contributed by atoms with van der Waals surface area (Å²) in [4.78, 5) is 24.8. The van der Waals surface area contributed by atoms with Crippen molar-refractivity contribution in [3.05, 3.63) is 71.8 Å². The molecule has 20 heavy (non-hydrogen) atoms. The van der Waals surface area contributed by atoms with Crippen LogP contribution in [-0.2, 0) is 0 Å². The van der Waals surface area contributed by atoms with Gasteiger partial charge < -0.3 is 0 Å². The van der Waals surface area contributed by atoms with Crippen molar-refractivity contribution in [3.63, 3.8) is 0 Å². The molecule has 0 spiro atoms. The normalized spacial score (nSPS) is 21.0. The predicted octanol–water partition coefficient (Wildman–Crippen LogP) is 3.78. The van der Waals surface area contributed by atoms with Gasteiger partial charge in [0.2, 0.25) is 0 Å². The van der Waals surface area contributed by atoms with Crippen LogP contribution in [0.25, 0.3) is 0 Å². The van der Waals surface area contributed by atoms with E-state index in [1.807, 2.05) is 60.7 Å². The van der Waals surface area contributed by atoms with Crippen molar-refractivity contribution in [1.82, 2.24) is 0 Å². The number of benzene rings is 2. The summed E-state index contributed by atoms with van der Waals surface area (Å²) in [5.74, 6) is -0.0903. The fourth-order valence-corrected chi connectivity index (χ4v) is 2.76. The van der Waals surface area contributed by atoms with Crippen LogP contribution in [0.15, 0.2) is 60.7 Å². The minimum Gasteiger partial charge on any atom is -0.294 e. The Kier molecular flexibility index (Phi) is 3.46. The van der Waals surface area contributed by atoms with Gasteiger partial charge in [-0.1, -0.05) is 60.7 Å². The molecule has 2 aromatic rings. The molecular formula is C18H16O2. The van der Waals surface area contributed by atoms with E-state index in [1.54, 1.807) is 0 Å². The largest absolute Gasteiger partial charge is 0.294 e. The van der Waals surface area contributed by atoms with Gasteiger partial charge in [-0.3, -0.25) is 9.59 Å². The van der Waals surface area contributed by atoms with Gasteiger partial charge in [0.15, 0.2) is 11.6 Å². The van der Waals surface area contributed by atoms with Crippen molar-refractivity contribution in [2.45, 2.75) is 12.8 Å². The van der Waals surface area contributed by atoms with Crippen LogP contribution in [0.4, 0.5) is 0 Å². The molecule has 0 radical (unpaired) electrons. The highest BCUT2D eigenvalue weighted by Gasteiger charge is 2.41. The van der Waals surface area contributed by atoms with Crippen LogP contribution in [0.2, 0.25) is 0 Å². The summed E-state index contributed by atoms with van der Waals surface area (Å²) < 4.78 is 0. The average molecular weight is 264 g/mol. The third-order valence-corrected chi connectivity index (χ3v) is 4.06. The smallest absolute Gasteiger partial charge is 0.166 e. The number of carbonyl (C=O) groups is 2. The standard InChI is InChI=1S/C18H16O2/c19-17(13-7-3-1-4-8-13)15-11-12-16(15)18(20)14-9-5-2-6-10-14/h1-10,15-16H,11-12H2/t15-,16-/m1/s1. The van der Waals surface area contributed by atoms with Crippen molar-refractivity contribution < 1.29 is 9.59 Å². The molecule has 0 amide bonds. The molecule has 0 N–H and O–H groups in total. The molecule has 2 nitrogen and oxygen atoms in total. The fourth-order valence-electron chi connectivity index (χ4n) is 2.76. The van der Waals surface area contributed by atoms with Crippen LogP contribution in [0, 0.1) is 11.8 Å². The third-order valence-electron chi connectivity index (χ3n) is 4.06. The lowest BCUT2D eigenvalue weighted by molar-refractivity contribution is 0.0618. The first-order valence-electron chi connectivity index (χ1n) is 6.96. The zero-order chi connectivity index (χ0) is 13.9. The SMILES string of the molecule is O=C(c1ccccc1)[C@@H]1CC[C@H]1C(=O)c1ccccc1. The van der Waals surface area contributed by atoms with E-state index in [2.05, 4.69) is 0 Å². The number of rotatable bonds is 4. The van der Waals surface area contributed by atoms with Crippen LogP contribution < -0.4 is 0 Å². The topological polar surface area (TPSA) is 34.1 Å². The number of ketones is 2. The van der Waals surface area contributed by atoms with E-state index in [9.17, 15) is 9.59 Å². The lowest BCUT2D eigenvalue weighted by Gasteiger charge is -2.34. The Morgan fingerprint density at radius 2 is 1.00 bits per heavy atom. The summed E-state index contributed by atoms with van der Waals surface area (Å²) in [5, 5.41) is 0. The Hall–Kier alpha value is -2.22. The number of carbonyl (C=O) groups excluding carboxylic acids is 2. The highest BCUT2D eigenvalue weighted by molar-refractivity contribution is 6.05. The van der Waals surface area contributed by atoms with Gasteiger partial charge in [0.1, 0.15) is 0 Å². The molecule has 1 aliphatic rings. The third kappa shape index (κ3) is 2.29. The van der Waals surface area contributed by atoms with E-state index in [0.717, 1.165) is 12.8 Å². The molecule has 0 aromatic heterocycles. The van der Waals surface area contributed by atoms with Crippen molar-refractivity contribution in [3.8, 4) is 0 Å². The van der Waals surface area contributed by atoms with Crippen LogP contribution >= 0.6 is 0 Å². The van der Waals surface area contributed by atoms with Crippen LogP contribution in [0.1, 0.15) is 33.6 Å². The molecule has 2 heteroatoms. The molecule has 3 rings (SSSR count). The lowest BCUT2D eigenvalue weighted by Crippen LogP contribution is -2.38. The first-order chi connectivity index (χ1) is 9.77. The lowest BCUT2D eigenvalue weighted by atomic mass is 9.67. The second-order valence-corrected chi connectivity index (χ2v) is 5.25. The molecule has 100 valence electrons. The van der Waals surface area contributed by atoms with Crippen molar-refractivity contribution in [1.29, 1.82) is 0 Å². The van der Waals surface area contributed by atoms with E-state index in [-0.39, 0.29) is 23.4 Å². The van der Waals surface area contributed by atoms with Crippen LogP contribution in [0.3, 0.4) is 0 Å². The van der Waals surface area contributed by atoms with Gasteiger partial charge in [0.25, 0.3) is 0 Å². The second-order valence-electron chi connectivity index (χ2n) is 5.25. The second kappa shape index (κ2) is 5.41. The quantitative estimate of drug-likeness (QED) is 0.787. The average Bonchev–Trinajstić information content (AvgIpc) is 2.48. The molecule has 2 atom stereocenters. The van der Waals surface area contributed by atoms with E-state index >= 15 is 0 Å². The fraction of sp³-hybridized carbons (Fsp3) is 0.222. The summed E-state index contributed by atoms with van der Waals surface area (Å²) >= 11 is 0. The van der Waals surface area contributed by atoms with Gasteiger partial charge in [0.05, 0.1) is 0 Å². The maximum absolute atomic E-state index is 12.4. The first-order valence-corrected chi connectivity index (χ1v) is 6.96. The Bertz CT molecular complexity index is 559. The molecular weight excluding hydrogens is 248 g/mol. The highest BCUT2D eigenvalue weighted by atomic mass is 16.1. The Morgan fingerprint density at radius 1 is 0.650 bits per heavy atom. The first kappa shape index (κ1) is 12.8. The Balaban J connectivity index is 1.77. The molecule has 1 aliphatic carbocycles. The Labute approximate surface area is 118 Å². The van der Waals surface area contributed by atoms with Crippen LogP contribution in [-0.4, -0.2) is 11.6 Å². The van der Waals surface area contributed by atoms with E-state index in [4.69, 9.17) is 0 Å². The minimum absolute atomic E-state index is 0.103. The molecule has 1 fully saturated rings. The summed E-state index contributed by atoms with van der Waals surface area (Å²) in [6.45, 7) is 0. The molecule has 2 aromatic carbocycles. The molecule has 0 heterocycles. The molecule has 0 aliphatic heterocycles. The summed E-state index contributed by atoms with van der Waals surface area (Å²) in [6.07, 6.45) is 1.63. The minimum atomic E-state index is -0.148. The summed E-state index contributed by atoms with van der Waals surface area (Å²) in [5.41, 5.74) is 1.42. The van der Waals surface area contributed by atoms with Crippen molar-refractivity contribution in [2.24, 2.45) is 11.8 Å². The number of hydrogen-bond donors (Lipinski definition) is 0. The maximum Gasteiger partial charge on any atom is 0.166 e. The van der Waals surface area contributed by atoms with Crippen molar-refractivity contribution in [2.75, 3.05) is 0 Å².